The lowest BCUT2D eigenvalue weighted by Gasteiger charge is -2.22. The Morgan fingerprint density at radius 3 is 3.29 bits per heavy atom. The Balaban J connectivity index is 1.76. The van der Waals surface area contributed by atoms with Gasteiger partial charge >= 0.3 is 0 Å². The molecule has 1 aliphatic rings. The maximum Gasteiger partial charge on any atom is 0.119 e. The van der Waals surface area contributed by atoms with E-state index in [9.17, 15) is 0 Å². The topological polar surface area (TPSA) is 34.1 Å². The van der Waals surface area contributed by atoms with E-state index in [2.05, 4.69) is 15.7 Å². The fourth-order valence-electron chi connectivity index (χ4n) is 1.62. The number of aryl methyl sites for hydroxylation is 1. The minimum absolute atomic E-state index is 0.382. The Kier molecular flexibility index (Phi) is 3.50. The van der Waals surface area contributed by atoms with Gasteiger partial charge in [0.25, 0.3) is 0 Å². The molecule has 1 aromatic heterocycles. The van der Waals surface area contributed by atoms with Crippen LogP contribution in [-0.4, -0.2) is 24.2 Å². The largest absolute Gasteiger partial charge is 0.370 e. The van der Waals surface area contributed by atoms with Gasteiger partial charge in [0.15, 0.2) is 0 Å². The van der Waals surface area contributed by atoms with E-state index in [1.165, 1.54) is 12.8 Å². The van der Waals surface area contributed by atoms with Crippen molar-refractivity contribution in [1.29, 1.82) is 0 Å². The summed E-state index contributed by atoms with van der Waals surface area (Å²) in [5.41, 5.74) is 1.09. The van der Waals surface area contributed by atoms with E-state index in [0.717, 1.165) is 23.8 Å². The first-order valence-corrected chi connectivity index (χ1v) is 5.96. The molecular formula is C10H16N2OS. The van der Waals surface area contributed by atoms with Gasteiger partial charge in [0, 0.05) is 17.6 Å². The Bertz CT molecular complexity index is 281. The van der Waals surface area contributed by atoms with Crippen LogP contribution >= 0.6 is 11.3 Å². The highest BCUT2D eigenvalue weighted by Crippen LogP contribution is 2.13. The van der Waals surface area contributed by atoms with Crippen molar-refractivity contribution in [1.82, 2.24) is 10.3 Å². The number of nitrogens with one attached hydrogen (secondary N) is 1. The van der Waals surface area contributed by atoms with Gasteiger partial charge in [-0.25, -0.2) is 4.98 Å². The van der Waals surface area contributed by atoms with E-state index in [-0.39, 0.29) is 0 Å². The van der Waals surface area contributed by atoms with Gasteiger partial charge in [0.2, 0.25) is 0 Å². The Morgan fingerprint density at radius 1 is 1.71 bits per heavy atom. The molecule has 0 aliphatic carbocycles. The van der Waals surface area contributed by atoms with Crippen molar-refractivity contribution >= 4 is 11.3 Å². The molecule has 0 radical (unpaired) electrons. The van der Waals surface area contributed by atoms with Gasteiger partial charge < -0.3 is 10.1 Å². The molecule has 0 saturated carbocycles. The van der Waals surface area contributed by atoms with Crippen molar-refractivity contribution in [3.05, 3.63) is 16.1 Å². The summed E-state index contributed by atoms with van der Waals surface area (Å²) in [6.07, 6.45) is 2.78. The molecule has 1 N–H and O–H groups in total. The number of hydrogen-bond donors (Lipinski definition) is 1. The molecule has 3 nitrogen and oxygen atoms in total. The quantitative estimate of drug-likeness (QED) is 0.828. The molecule has 0 unspecified atom stereocenters. The zero-order valence-corrected chi connectivity index (χ0v) is 9.27. The second kappa shape index (κ2) is 4.87. The monoisotopic (exact) mass is 212 g/mol. The van der Waals surface area contributed by atoms with E-state index in [0.29, 0.717) is 12.7 Å². The summed E-state index contributed by atoms with van der Waals surface area (Å²) in [6.45, 7) is 4.81. The van der Waals surface area contributed by atoms with E-state index < -0.39 is 0 Å². The molecule has 1 saturated heterocycles. The molecule has 2 heterocycles. The Labute approximate surface area is 88.5 Å². The number of rotatable bonds is 3. The first-order valence-electron chi connectivity index (χ1n) is 5.08. The van der Waals surface area contributed by atoms with Crippen molar-refractivity contribution in [2.24, 2.45) is 0 Å². The number of thiazole rings is 1. The van der Waals surface area contributed by atoms with E-state index in [4.69, 9.17) is 4.74 Å². The molecule has 1 aromatic rings. The second-order valence-corrected chi connectivity index (χ2v) is 4.60. The lowest BCUT2D eigenvalue weighted by atomic mass is 10.1. The smallest absolute Gasteiger partial charge is 0.119 e. The van der Waals surface area contributed by atoms with Crippen LogP contribution in [0, 0.1) is 6.92 Å². The third-order valence-corrected chi connectivity index (χ3v) is 3.30. The molecule has 0 spiro atoms. The summed E-state index contributed by atoms with van der Waals surface area (Å²) < 4.78 is 5.77. The molecular weight excluding hydrogens is 196 g/mol. The fraction of sp³-hybridized carbons (Fsp3) is 0.700. The van der Waals surface area contributed by atoms with Gasteiger partial charge in [-0.3, -0.25) is 0 Å². The normalized spacial score (nSPS) is 22.5. The van der Waals surface area contributed by atoms with Crippen LogP contribution in [0.4, 0.5) is 0 Å². The predicted octanol–water partition coefficient (Wildman–Crippen LogP) is 1.72. The molecule has 0 amide bonds. The highest BCUT2D eigenvalue weighted by Gasteiger charge is 2.13. The number of nitrogens with zero attached hydrogens (tertiary/aromatic N) is 1. The molecule has 1 aliphatic heterocycles. The van der Waals surface area contributed by atoms with Crippen LogP contribution in [0.3, 0.4) is 0 Å². The van der Waals surface area contributed by atoms with Crippen molar-refractivity contribution in [3.8, 4) is 0 Å². The number of hydrogen-bond acceptors (Lipinski definition) is 4. The van der Waals surface area contributed by atoms with Crippen LogP contribution in [0.15, 0.2) is 5.38 Å². The maximum atomic E-state index is 5.77. The zero-order valence-electron chi connectivity index (χ0n) is 8.45. The minimum atomic E-state index is 0.382. The van der Waals surface area contributed by atoms with Crippen molar-refractivity contribution in [2.75, 3.05) is 13.1 Å². The van der Waals surface area contributed by atoms with Gasteiger partial charge in [0.1, 0.15) is 5.01 Å². The molecule has 0 aromatic carbocycles. The van der Waals surface area contributed by atoms with E-state index in [1.54, 1.807) is 11.3 Å². The highest BCUT2D eigenvalue weighted by molar-refractivity contribution is 7.09. The van der Waals surface area contributed by atoms with E-state index in [1.807, 2.05) is 6.92 Å². The van der Waals surface area contributed by atoms with Crippen molar-refractivity contribution < 1.29 is 4.74 Å². The molecule has 1 fully saturated rings. The lowest BCUT2D eigenvalue weighted by molar-refractivity contribution is 0.0252. The van der Waals surface area contributed by atoms with Gasteiger partial charge in [-0.1, -0.05) is 0 Å². The average molecular weight is 212 g/mol. The molecule has 0 bridgehead atoms. The highest BCUT2D eigenvalue weighted by atomic mass is 32.1. The van der Waals surface area contributed by atoms with Crippen molar-refractivity contribution in [3.63, 3.8) is 0 Å². The third-order valence-electron chi connectivity index (χ3n) is 2.36. The van der Waals surface area contributed by atoms with Gasteiger partial charge in [-0.15, -0.1) is 11.3 Å². The molecule has 78 valence electrons. The summed E-state index contributed by atoms with van der Waals surface area (Å²) >= 11 is 1.68. The Morgan fingerprint density at radius 2 is 2.64 bits per heavy atom. The summed E-state index contributed by atoms with van der Waals surface area (Å²) in [5, 5.41) is 6.49. The first kappa shape index (κ1) is 10.1. The third kappa shape index (κ3) is 2.77. The van der Waals surface area contributed by atoms with Crippen LogP contribution in [0.5, 0.6) is 0 Å². The molecule has 14 heavy (non-hydrogen) atoms. The van der Waals surface area contributed by atoms with Gasteiger partial charge in [0.05, 0.1) is 12.7 Å². The number of ether oxygens (including phenoxy) is 1. The lowest BCUT2D eigenvalue weighted by Crippen LogP contribution is -2.35. The van der Waals surface area contributed by atoms with Gasteiger partial charge in [-0.2, -0.15) is 0 Å². The first-order chi connectivity index (χ1) is 6.84. The van der Waals surface area contributed by atoms with Gasteiger partial charge in [-0.05, 0) is 26.3 Å². The standard InChI is InChI=1S/C10H16N2OS/c1-8-7-14-10(12-8)6-13-9-3-2-4-11-5-9/h7,9,11H,2-6H2,1H3/t9-/m0/s1. The fourth-order valence-corrected chi connectivity index (χ4v) is 2.31. The molecule has 2 rings (SSSR count). The minimum Gasteiger partial charge on any atom is -0.370 e. The van der Waals surface area contributed by atoms with Crippen LogP contribution in [0.2, 0.25) is 0 Å². The van der Waals surface area contributed by atoms with E-state index >= 15 is 0 Å². The molecule has 4 heteroatoms. The van der Waals surface area contributed by atoms with Crippen LogP contribution in [0.25, 0.3) is 0 Å². The average Bonchev–Trinajstić information content (AvgIpc) is 2.63. The van der Waals surface area contributed by atoms with Crippen LogP contribution < -0.4 is 5.32 Å². The SMILES string of the molecule is Cc1csc(CO[C@H]2CCCNC2)n1. The van der Waals surface area contributed by atoms with Crippen LogP contribution in [-0.2, 0) is 11.3 Å². The predicted molar refractivity (Wildman–Crippen MR) is 57.5 cm³/mol. The summed E-state index contributed by atoms with van der Waals surface area (Å²) in [6, 6.07) is 0. The second-order valence-electron chi connectivity index (χ2n) is 3.66. The Hall–Kier alpha value is -0.450. The van der Waals surface area contributed by atoms with Crippen LogP contribution in [0.1, 0.15) is 23.5 Å². The summed E-state index contributed by atoms with van der Waals surface area (Å²) in [7, 11) is 0. The maximum absolute atomic E-state index is 5.77. The number of aromatic nitrogens is 1. The summed E-state index contributed by atoms with van der Waals surface area (Å²) in [5.74, 6) is 0. The zero-order chi connectivity index (χ0) is 9.80. The number of piperidine rings is 1. The molecule has 1 atom stereocenters. The summed E-state index contributed by atoms with van der Waals surface area (Å²) in [4.78, 5) is 4.37. The van der Waals surface area contributed by atoms with Crippen molar-refractivity contribution in [2.45, 2.75) is 32.5 Å².